The molecule has 1 saturated heterocycles. The quantitative estimate of drug-likeness (QED) is 0.271. The molecular weight excluding hydrogens is 483 g/mol. The molecule has 1 fully saturated rings. The molecule has 1 aliphatic heterocycles. The average molecular weight is 506 g/mol. The van der Waals surface area contributed by atoms with E-state index in [1.165, 1.54) is 11.3 Å². The van der Waals surface area contributed by atoms with Crippen molar-refractivity contribution in [2.24, 2.45) is 10.7 Å². The maximum atomic E-state index is 11.8. The van der Waals surface area contributed by atoms with Gasteiger partial charge in [-0.25, -0.2) is 4.98 Å². The Labute approximate surface area is 178 Å². The van der Waals surface area contributed by atoms with Gasteiger partial charge in [-0.3, -0.25) is 9.79 Å². The van der Waals surface area contributed by atoms with Crippen LogP contribution in [-0.2, 0) is 0 Å². The smallest absolute Gasteiger partial charge is 0.261 e. The maximum Gasteiger partial charge on any atom is 0.261 e. The minimum atomic E-state index is -0.0229. The highest BCUT2D eigenvalue weighted by Gasteiger charge is 2.19. The molecule has 3 N–H and O–H groups in total. The van der Waals surface area contributed by atoms with Crippen LogP contribution in [0, 0.1) is 0 Å². The summed E-state index contributed by atoms with van der Waals surface area (Å²) >= 11 is 3.10. The third-order valence-electron chi connectivity index (χ3n) is 3.93. The molecule has 0 saturated carbocycles. The van der Waals surface area contributed by atoms with Crippen molar-refractivity contribution >= 4 is 63.6 Å². The average Bonchev–Trinajstić information content (AvgIpc) is 3.35. The standard InChI is InChI=1S/C16H22N6OS2.HI/c17-15(19-5-2-4-18-14(23)13-3-1-11-24-13)21-7-9-22(10-8-21)16-20-6-12-25-16;/h1,3,6,11-12H,2,4-5,7-10H2,(H2,17,19)(H,18,23);1H. The van der Waals surface area contributed by atoms with Crippen molar-refractivity contribution in [2.45, 2.75) is 6.42 Å². The van der Waals surface area contributed by atoms with E-state index in [2.05, 4.69) is 25.1 Å². The highest BCUT2D eigenvalue weighted by atomic mass is 127. The molecule has 0 atom stereocenters. The molecule has 7 nitrogen and oxygen atoms in total. The second-order valence-electron chi connectivity index (χ2n) is 5.62. The zero-order valence-electron chi connectivity index (χ0n) is 14.3. The van der Waals surface area contributed by atoms with Crippen LogP contribution in [0.4, 0.5) is 5.13 Å². The number of carbonyl (C=O) groups is 1. The van der Waals surface area contributed by atoms with E-state index in [4.69, 9.17) is 5.73 Å². The van der Waals surface area contributed by atoms with Crippen molar-refractivity contribution in [3.8, 4) is 0 Å². The molecule has 142 valence electrons. The van der Waals surface area contributed by atoms with E-state index in [0.717, 1.165) is 42.6 Å². The summed E-state index contributed by atoms with van der Waals surface area (Å²) in [7, 11) is 0. The second kappa shape index (κ2) is 10.7. The van der Waals surface area contributed by atoms with Crippen LogP contribution in [0.15, 0.2) is 34.1 Å². The molecule has 0 spiro atoms. The summed E-state index contributed by atoms with van der Waals surface area (Å²) in [5, 5.41) is 7.85. The molecule has 3 heterocycles. The van der Waals surface area contributed by atoms with Gasteiger partial charge in [0.2, 0.25) is 0 Å². The Morgan fingerprint density at radius 1 is 1.27 bits per heavy atom. The largest absolute Gasteiger partial charge is 0.370 e. The zero-order chi connectivity index (χ0) is 17.5. The summed E-state index contributed by atoms with van der Waals surface area (Å²) in [5.74, 6) is 0.564. The first-order valence-electron chi connectivity index (χ1n) is 8.25. The van der Waals surface area contributed by atoms with Crippen LogP contribution in [0.3, 0.4) is 0 Å². The van der Waals surface area contributed by atoms with Gasteiger partial charge in [-0.05, 0) is 17.9 Å². The molecule has 1 amide bonds. The Hall–Kier alpha value is -1.40. The number of nitrogens with two attached hydrogens (primary N) is 1. The topological polar surface area (TPSA) is 86.8 Å². The fraction of sp³-hybridized carbons (Fsp3) is 0.438. The molecule has 26 heavy (non-hydrogen) atoms. The van der Waals surface area contributed by atoms with E-state index in [1.54, 1.807) is 11.3 Å². The van der Waals surface area contributed by atoms with Crippen molar-refractivity contribution in [1.82, 2.24) is 15.2 Å². The number of hydrogen-bond donors (Lipinski definition) is 2. The van der Waals surface area contributed by atoms with Crippen LogP contribution in [0.2, 0.25) is 0 Å². The maximum absolute atomic E-state index is 11.8. The first-order chi connectivity index (χ1) is 12.2. The summed E-state index contributed by atoms with van der Waals surface area (Å²) in [6, 6.07) is 3.69. The van der Waals surface area contributed by atoms with Crippen molar-refractivity contribution in [2.75, 3.05) is 44.2 Å². The van der Waals surface area contributed by atoms with Crippen LogP contribution < -0.4 is 16.0 Å². The number of nitrogens with one attached hydrogen (secondary N) is 1. The van der Waals surface area contributed by atoms with Gasteiger partial charge >= 0.3 is 0 Å². The highest BCUT2D eigenvalue weighted by molar-refractivity contribution is 14.0. The van der Waals surface area contributed by atoms with Crippen LogP contribution in [0.25, 0.3) is 0 Å². The lowest BCUT2D eigenvalue weighted by Crippen LogP contribution is -2.51. The Morgan fingerprint density at radius 3 is 2.73 bits per heavy atom. The Kier molecular flexibility index (Phi) is 8.59. The number of piperazine rings is 1. The van der Waals surface area contributed by atoms with Crippen LogP contribution in [-0.4, -0.2) is 61.0 Å². The van der Waals surface area contributed by atoms with E-state index in [9.17, 15) is 4.79 Å². The number of carbonyl (C=O) groups excluding carboxylic acids is 1. The fourth-order valence-corrected chi connectivity index (χ4v) is 3.91. The lowest BCUT2D eigenvalue weighted by Gasteiger charge is -2.35. The van der Waals surface area contributed by atoms with Crippen molar-refractivity contribution in [3.63, 3.8) is 0 Å². The fourth-order valence-electron chi connectivity index (χ4n) is 2.57. The van der Waals surface area contributed by atoms with Gasteiger partial charge in [0.1, 0.15) is 0 Å². The molecule has 0 aliphatic carbocycles. The number of thiophene rings is 1. The number of rotatable bonds is 6. The number of nitrogens with zero attached hydrogens (tertiary/aromatic N) is 4. The Morgan fingerprint density at radius 2 is 2.08 bits per heavy atom. The number of thiazole rings is 1. The van der Waals surface area contributed by atoms with E-state index in [-0.39, 0.29) is 29.9 Å². The molecule has 2 aromatic rings. The van der Waals surface area contributed by atoms with E-state index in [1.807, 2.05) is 29.1 Å². The molecule has 0 bridgehead atoms. The summed E-state index contributed by atoms with van der Waals surface area (Å²) < 4.78 is 0. The molecule has 2 aromatic heterocycles. The van der Waals surface area contributed by atoms with Crippen LogP contribution >= 0.6 is 46.7 Å². The molecule has 0 unspecified atom stereocenters. The van der Waals surface area contributed by atoms with Crippen LogP contribution in [0.5, 0.6) is 0 Å². The third-order valence-corrected chi connectivity index (χ3v) is 5.63. The summed E-state index contributed by atoms with van der Waals surface area (Å²) in [6.45, 7) is 4.73. The number of halogens is 1. The predicted octanol–water partition coefficient (Wildman–Crippen LogP) is 2.08. The van der Waals surface area contributed by atoms with Gasteiger partial charge < -0.3 is 20.9 Å². The highest BCUT2D eigenvalue weighted by Crippen LogP contribution is 2.18. The van der Waals surface area contributed by atoms with Gasteiger partial charge in [-0.1, -0.05) is 6.07 Å². The van der Waals surface area contributed by atoms with Gasteiger partial charge in [0.15, 0.2) is 11.1 Å². The van der Waals surface area contributed by atoms with Gasteiger partial charge in [-0.15, -0.1) is 46.7 Å². The zero-order valence-corrected chi connectivity index (χ0v) is 18.3. The summed E-state index contributed by atoms with van der Waals surface area (Å²) in [6.07, 6.45) is 2.61. The van der Waals surface area contributed by atoms with Crippen LogP contribution in [0.1, 0.15) is 16.1 Å². The van der Waals surface area contributed by atoms with Crippen molar-refractivity contribution in [1.29, 1.82) is 0 Å². The predicted molar refractivity (Wildman–Crippen MR) is 119 cm³/mol. The normalized spacial score (nSPS) is 14.8. The minimum Gasteiger partial charge on any atom is -0.370 e. The van der Waals surface area contributed by atoms with Gasteiger partial charge in [0.05, 0.1) is 4.88 Å². The molecular formula is C16H23IN6OS2. The number of aromatic nitrogens is 1. The first kappa shape index (κ1) is 20.9. The SMILES string of the molecule is I.NC(=NCCCNC(=O)c1cccs1)N1CCN(c2nccs2)CC1. The molecule has 0 radical (unpaired) electrons. The monoisotopic (exact) mass is 506 g/mol. The number of hydrogen-bond acceptors (Lipinski definition) is 6. The van der Waals surface area contributed by atoms with Gasteiger partial charge in [-0.2, -0.15) is 0 Å². The summed E-state index contributed by atoms with van der Waals surface area (Å²) in [5.41, 5.74) is 6.09. The Balaban J connectivity index is 0.00000243. The first-order valence-corrected chi connectivity index (χ1v) is 10.0. The van der Waals surface area contributed by atoms with E-state index in [0.29, 0.717) is 19.0 Å². The molecule has 1 aliphatic rings. The molecule has 0 aromatic carbocycles. The lowest BCUT2D eigenvalue weighted by molar-refractivity contribution is 0.0957. The van der Waals surface area contributed by atoms with E-state index < -0.39 is 0 Å². The molecule has 10 heteroatoms. The number of anilines is 1. The van der Waals surface area contributed by atoms with Gasteiger partial charge in [0.25, 0.3) is 5.91 Å². The molecule has 3 rings (SSSR count). The van der Waals surface area contributed by atoms with Crippen molar-refractivity contribution < 1.29 is 4.79 Å². The minimum absolute atomic E-state index is 0. The lowest BCUT2D eigenvalue weighted by atomic mass is 10.3. The number of guanidine groups is 1. The second-order valence-corrected chi connectivity index (χ2v) is 7.44. The van der Waals surface area contributed by atoms with E-state index >= 15 is 0 Å². The summed E-state index contributed by atoms with van der Waals surface area (Å²) in [4.78, 5) is 25.7. The number of aliphatic imine (C=N–C) groups is 1. The van der Waals surface area contributed by atoms with Gasteiger partial charge in [0, 0.05) is 50.8 Å². The Bertz CT molecular complexity index is 684. The number of amides is 1. The third kappa shape index (κ3) is 5.81. The van der Waals surface area contributed by atoms with Crippen molar-refractivity contribution in [3.05, 3.63) is 34.0 Å².